The van der Waals surface area contributed by atoms with E-state index in [9.17, 15) is 9.59 Å². The third kappa shape index (κ3) is 7.13. The zero-order chi connectivity index (χ0) is 32.5. The van der Waals surface area contributed by atoms with Crippen molar-refractivity contribution in [1.29, 1.82) is 0 Å². The van der Waals surface area contributed by atoms with Crippen molar-refractivity contribution in [2.75, 3.05) is 31.5 Å². The molecule has 0 radical (unpaired) electrons. The van der Waals surface area contributed by atoms with Gasteiger partial charge in [0.05, 0.1) is 11.3 Å². The molecule has 0 heterocycles. The second-order valence-electron chi connectivity index (χ2n) is 10.7. The molecule has 4 aromatic carbocycles. The summed E-state index contributed by atoms with van der Waals surface area (Å²) >= 11 is 17.0. The van der Waals surface area contributed by atoms with Crippen LogP contribution in [0.15, 0.2) is 97.1 Å². The van der Waals surface area contributed by atoms with E-state index in [0.717, 1.165) is 11.1 Å². The molecule has 46 heavy (non-hydrogen) atoms. The highest BCUT2D eigenvalue weighted by atomic mass is 35.5. The van der Waals surface area contributed by atoms with E-state index in [2.05, 4.69) is 77.6 Å². The van der Waals surface area contributed by atoms with Gasteiger partial charge in [-0.15, -0.1) is 23.2 Å². The summed E-state index contributed by atoms with van der Waals surface area (Å²) in [6.07, 6.45) is -0.409. The molecule has 0 fully saturated rings. The minimum atomic E-state index is -0.616. The van der Waals surface area contributed by atoms with Crippen molar-refractivity contribution in [1.82, 2.24) is 4.84 Å². The lowest BCUT2D eigenvalue weighted by Gasteiger charge is -2.34. The molecule has 5 rings (SSSR count). The molecule has 1 N–H and O–H groups in total. The maximum atomic E-state index is 11.9. The van der Waals surface area contributed by atoms with Crippen molar-refractivity contribution < 1.29 is 28.5 Å². The Morgan fingerprint density at radius 3 is 1.63 bits per heavy atom. The van der Waals surface area contributed by atoms with E-state index in [4.69, 9.17) is 53.9 Å². The van der Waals surface area contributed by atoms with Gasteiger partial charge in [0, 0.05) is 0 Å². The van der Waals surface area contributed by atoms with Crippen LogP contribution in [0.25, 0.3) is 11.1 Å². The normalized spacial score (nSPS) is 14.0. The number of esters is 2. The zero-order valence-corrected chi connectivity index (χ0v) is 27.5. The summed E-state index contributed by atoms with van der Waals surface area (Å²) in [6.45, 7) is 2.17. The molecule has 0 saturated carbocycles. The van der Waals surface area contributed by atoms with Gasteiger partial charge in [-0.05, 0) is 75.8 Å². The maximum absolute atomic E-state index is 11.9. The summed E-state index contributed by atoms with van der Waals surface area (Å²) in [5.74, 6) is 0.139. The molecule has 4 aromatic rings. The number of alkyl halides is 2. The number of carbonyl (C=O) groups is 2. The summed E-state index contributed by atoms with van der Waals surface area (Å²) in [4.78, 5) is 25.8. The van der Waals surface area contributed by atoms with E-state index < -0.39 is 29.6 Å². The molecule has 2 unspecified atom stereocenters. The first-order valence-electron chi connectivity index (χ1n) is 14.9. The Morgan fingerprint density at radius 1 is 0.696 bits per heavy atom. The fourth-order valence-electron chi connectivity index (χ4n) is 5.85. The highest BCUT2D eigenvalue weighted by Gasteiger charge is 2.45. The number of halogens is 3. The smallest absolute Gasteiger partial charge is 0.321 e. The quantitative estimate of drug-likeness (QED) is 0.0707. The summed E-state index contributed by atoms with van der Waals surface area (Å²) in [5, 5.41) is 0. The number of rotatable bonds is 15. The molecule has 0 amide bonds. The first-order chi connectivity index (χ1) is 22.4. The van der Waals surface area contributed by atoms with Gasteiger partial charge >= 0.3 is 11.9 Å². The van der Waals surface area contributed by atoms with Gasteiger partial charge < -0.3 is 18.9 Å². The standard InChI is InChI=1S/C36H34Cl3NO6/c1-2-26(45-35(42)21-40-39)22-43-27-15-11-24(12-16-27)36(32-9-5-3-7-30(32)31-8-4-6-10-33(31)36)25-13-17-28(18-14-25)44-23-29(19-37)46-34(41)20-38/h3-18,26,29,40H,2,19-23H2,1H3. The lowest BCUT2D eigenvalue weighted by molar-refractivity contribution is -0.149. The fourth-order valence-corrected chi connectivity index (χ4v) is 6.17. The maximum Gasteiger partial charge on any atom is 0.321 e. The van der Waals surface area contributed by atoms with Crippen LogP contribution >= 0.6 is 35.0 Å². The van der Waals surface area contributed by atoms with E-state index in [-0.39, 0.29) is 31.5 Å². The number of carbonyl (C=O) groups excluding carboxylic acids is 2. The van der Waals surface area contributed by atoms with Crippen molar-refractivity contribution in [2.45, 2.75) is 31.0 Å². The molecule has 1 aliphatic rings. The van der Waals surface area contributed by atoms with E-state index >= 15 is 0 Å². The third-order valence-electron chi connectivity index (χ3n) is 7.94. The van der Waals surface area contributed by atoms with Crippen molar-refractivity contribution in [3.8, 4) is 22.6 Å². The number of ether oxygens (including phenoxy) is 4. The molecule has 1 aliphatic carbocycles. The summed E-state index contributed by atoms with van der Waals surface area (Å²) in [5.41, 5.74) is 6.17. The van der Waals surface area contributed by atoms with Crippen LogP contribution in [0.5, 0.6) is 11.5 Å². The van der Waals surface area contributed by atoms with Gasteiger partial charge in [0.2, 0.25) is 0 Å². The predicted molar refractivity (Wildman–Crippen MR) is 180 cm³/mol. The molecule has 240 valence electrons. The summed E-state index contributed by atoms with van der Waals surface area (Å²) in [6, 6.07) is 32.9. The highest BCUT2D eigenvalue weighted by Crippen LogP contribution is 2.56. The first kappa shape index (κ1) is 33.6. The average molecular weight is 683 g/mol. The molecule has 0 aromatic heterocycles. The molecule has 2 atom stereocenters. The molecule has 0 bridgehead atoms. The molecule has 0 aliphatic heterocycles. The molecule has 10 heteroatoms. The highest BCUT2D eigenvalue weighted by molar-refractivity contribution is 6.26. The van der Waals surface area contributed by atoms with Gasteiger partial charge in [-0.1, -0.05) is 79.7 Å². The van der Waals surface area contributed by atoms with Crippen LogP contribution in [0, 0.1) is 0 Å². The van der Waals surface area contributed by atoms with Crippen molar-refractivity contribution in [3.05, 3.63) is 119 Å². The van der Waals surface area contributed by atoms with Crippen LogP contribution in [0.2, 0.25) is 0 Å². The Hall–Kier alpha value is -3.75. The van der Waals surface area contributed by atoms with Crippen LogP contribution in [0.4, 0.5) is 0 Å². The van der Waals surface area contributed by atoms with Crippen molar-refractivity contribution in [2.24, 2.45) is 0 Å². The Morgan fingerprint density at radius 2 is 1.17 bits per heavy atom. The minimum absolute atomic E-state index is 0.0805. The van der Waals surface area contributed by atoms with E-state index in [1.807, 2.05) is 31.2 Å². The SMILES string of the molecule is CCC(COc1ccc(C2(c3ccc(OCC(CCl)OC(=O)CCl)cc3)c3ccccc3-c3ccccc32)cc1)OC(=O)CNCl. The van der Waals surface area contributed by atoms with Crippen LogP contribution in [-0.2, 0) is 24.5 Å². The minimum Gasteiger partial charge on any atom is -0.490 e. The second kappa shape index (κ2) is 15.7. The van der Waals surface area contributed by atoms with Gasteiger partial charge in [0.15, 0.2) is 0 Å². The lowest BCUT2D eigenvalue weighted by Crippen LogP contribution is -2.29. The van der Waals surface area contributed by atoms with Crippen LogP contribution in [-0.4, -0.2) is 55.7 Å². The van der Waals surface area contributed by atoms with Crippen molar-refractivity contribution in [3.63, 3.8) is 0 Å². The summed E-state index contributed by atoms with van der Waals surface area (Å²) < 4.78 is 22.7. The van der Waals surface area contributed by atoms with Crippen molar-refractivity contribution >= 4 is 46.9 Å². The first-order valence-corrected chi connectivity index (χ1v) is 16.4. The Kier molecular flexibility index (Phi) is 11.5. The van der Waals surface area contributed by atoms with Gasteiger partial charge in [-0.3, -0.25) is 9.59 Å². The average Bonchev–Trinajstić information content (AvgIpc) is 3.40. The molecular weight excluding hydrogens is 649 g/mol. The predicted octanol–water partition coefficient (Wildman–Crippen LogP) is 7.26. The van der Waals surface area contributed by atoms with Gasteiger partial charge in [-0.2, -0.15) is 0 Å². The van der Waals surface area contributed by atoms with Crippen LogP contribution < -0.4 is 14.3 Å². The zero-order valence-electron chi connectivity index (χ0n) is 25.2. The number of fused-ring (bicyclic) bond motifs is 3. The number of nitrogens with one attached hydrogen (secondary N) is 1. The van der Waals surface area contributed by atoms with E-state index in [1.165, 1.54) is 22.3 Å². The third-order valence-corrected chi connectivity index (χ3v) is 8.64. The second-order valence-corrected chi connectivity index (χ2v) is 11.6. The number of benzene rings is 4. The Balaban J connectivity index is 1.46. The van der Waals surface area contributed by atoms with Crippen LogP contribution in [0.1, 0.15) is 35.6 Å². The van der Waals surface area contributed by atoms with E-state index in [1.54, 1.807) is 0 Å². The van der Waals surface area contributed by atoms with Gasteiger partial charge in [0.25, 0.3) is 0 Å². The van der Waals surface area contributed by atoms with Gasteiger partial charge in [0.1, 0.15) is 49.3 Å². The van der Waals surface area contributed by atoms with Gasteiger partial charge in [-0.25, -0.2) is 4.84 Å². The Bertz CT molecular complexity index is 1580. The number of hydrogen-bond donors (Lipinski definition) is 1. The van der Waals surface area contributed by atoms with Crippen LogP contribution in [0.3, 0.4) is 0 Å². The molecular formula is C36H34Cl3NO6. The number of hydrogen-bond acceptors (Lipinski definition) is 7. The Labute approximate surface area is 283 Å². The molecule has 7 nitrogen and oxygen atoms in total. The molecule has 0 saturated heterocycles. The fraction of sp³-hybridized carbons (Fsp3) is 0.278. The van der Waals surface area contributed by atoms with E-state index in [0.29, 0.717) is 17.9 Å². The topological polar surface area (TPSA) is 83.1 Å². The largest absolute Gasteiger partial charge is 0.490 e. The summed E-state index contributed by atoms with van der Waals surface area (Å²) in [7, 11) is 0. The monoisotopic (exact) mass is 681 g/mol. The lowest BCUT2D eigenvalue weighted by atomic mass is 9.68. The molecule has 0 spiro atoms.